The van der Waals surface area contributed by atoms with Crippen LogP contribution in [-0.4, -0.2) is 30.1 Å². The molecule has 0 radical (unpaired) electrons. The molecule has 0 amide bonds. The van der Waals surface area contributed by atoms with Crippen LogP contribution in [0.15, 0.2) is 47.5 Å². The second-order valence-corrected chi connectivity index (χ2v) is 7.30. The van der Waals surface area contributed by atoms with Crippen molar-refractivity contribution in [2.75, 3.05) is 17.2 Å². The molecule has 112 valence electrons. The molecule has 8 heteroatoms. The average Bonchev–Trinajstić information content (AvgIpc) is 2.48. The summed E-state index contributed by atoms with van der Waals surface area (Å²) < 4.78 is 26.3. The van der Waals surface area contributed by atoms with Crippen molar-refractivity contribution in [1.29, 1.82) is 0 Å². The predicted molar refractivity (Wildman–Crippen MR) is 84.2 cm³/mol. The molecule has 1 aromatic carbocycles. The minimum absolute atomic E-state index is 0.0201. The van der Waals surface area contributed by atoms with Crippen molar-refractivity contribution in [3.8, 4) is 0 Å². The molecule has 0 bridgehead atoms. The van der Waals surface area contributed by atoms with Crippen LogP contribution in [0.4, 0.5) is 5.69 Å². The van der Waals surface area contributed by atoms with Crippen molar-refractivity contribution in [3.63, 3.8) is 0 Å². The molecule has 1 heterocycles. The van der Waals surface area contributed by atoms with Gasteiger partial charge < -0.3 is 5.73 Å². The lowest BCUT2D eigenvalue weighted by Crippen LogP contribution is -2.27. The number of nitrogens with zero attached hydrogens (tertiary/aromatic N) is 2. The first-order valence-corrected chi connectivity index (χ1v) is 8.92. The second-order valence-electron chi connectivity index (χ2n) is 4.24. The number of hydrogen-bond donors (Lipinski definition) is 2. The van der Waals surface area contributed by atoms with E-state index in [-0.39, 0.29) is 12.3 Å². The molecule has 21 heavy (non-hydrogen) atoms. The van der Waals surface area contributed by atoms with Gasteiger partial charge in [-0.25, -0.2) is 13.1 Å². The van der Waals surface area contributed by atoms with E-state index < -0.39 is 10.0 Å². The molecule has 0 unspecified atom stereocenters. The highest BCUT2D eigenvalue weighted by Crippen LogP contribution is 2.24. The van der Waals surface area contributed by atoms with E-state index in [4.69, 9.17) is 5.73 Å². The summed E-state index contributed by atoms with van der Waals surface area (Å²) in [6.07, 6.45) is 1.54. The van der Waals surface area contributed by atoms with E-state index in [0.717, 1.165) is 4.90 Å². The van der Waals surface area contributed by atoms with E-state index in [2.05, 4.69) is 14.9 Å². The molecule has 2 rings (SSSR count). The molecule has 0 atom stereocenters. The van der Waals surface area contributed by atoms with Gasteiger partial charge in [0.15, 0.2) is 0 Å². The summed E-state index contributed by atoms with van der Waals surface area (Å²) in [5.41, 5.74) is 7.05. The molecule has 6 nitrogen and oxygen atoms in total. The van der Waals surface area contributed by atoms with Crippen molar-refractivity contribution in [2.24, 2.45) is 0 Å². The monoisotopic (exact) mass is 324 g/mol. The number of aromatic nitrogens is 2. The maximum atomic E-state index is 11.9. The standard InChI is InChI=1S/C13H16N4O2S2/c14-12-5-1-2-6-13(12)20-8-9-21(18,19)16-10-11-4-3-7-15-17-11/h1-7,16H,8-10,14H2. The zero-order valence-corrected chi connectivity index (χ0v) is 12.9. The number of anilines is 1. The number of nitrogens with two attached hydrogens (primary N) is 1. The van der Waals surface area contributed by atoms with Crippen molar-refractivity contribution in [2.45, 2.75) is 11.4 Å². The molecule has 0 aliphatic rings. The number of thioether (sulfide) groups is 1. The number of sulfonamides is 1. The lowest BCUT2D eigenvalue weighted by Gasteiger charge is -2.07. The van der Waals surface area contributed by atoms with Crippen molar-refractivity contribution in [3.05, 3.63) is 48.3 Å². The molecule has 0 aliphatic heterocycles. The summed E-state index contributed by atoms with van der Waals surface area (Å²) in [6, 6.07) is 10.8. The second kappa shape index (κ2) is 7.39. The van der Waals surface area contributed by atoms with E-state index in [1.807, 2.05) is 18.2 Å². The van der Waals surface area contributed by atoms with Gasteiger partial charge in [0.05, 0.1) is 18.0 Å². The lowest BCUT2D eigenvalue weighted by molar-refractivity contribution is 0.581. The Balaban J connectivity index is 1.80. The zero-order chi connectivity index (χ0) is 15.1. The van der Waals surface area contributed by atoms with E-state index in [1.165, 1.54) is 11.8 Å². The highest BCUT2D eigenvalue weighted by Gasteiger charge is 2.11. The van der Waals surface area contributed by atoms with E-state index >= 15 is 0 Å². The summed E-state index contributed by atoms with van der Waals surface area (Å²) in [7, 11) is -3.34. The Labute approximate surface area is 128 Å². The molecule has 0 fully saturated rings. The third kappa shape index (κ3) is 5.33. The maximum absolute atomic E-state index is 11.9. The van der Waals surface area contributed by atoms with Crippen LogP contribution in [0.25, 0.3) is 0 Å². The van der Waals surface area contributed by atoms with Gasteiger partial charge in [0.1, 0.15) is 0 Å². The van der Waals surface area contributed by atoms with Gasteiger partial charge in [-0.15, -0.1) is 11.8 Å². The van der Waals surface area contributed by atoms with Gasteiger partial charge in [0.25, 0.3) is 0 Å². The maximum Gasteiger partial charge on any atom is 0.212 e. The molecular weight excluding hydrogens is 308 g/mol. The number of nitrogen functional groups attached to an aromatic ring is 1. The molecule has 1 aromatic heterocycles. The summed E-state index contributed by atoms with van der Waals surface area (Å²) in [5.74, 6) is 0.455. The Bertz CT molecular complexity index is 678. The third-order valence-electron chi connectivity index (χ3n) is 2.63. The van der Waals surface area contributed by atoms with Gasteiger partial charge in [-0.3, -0.25) is 0 Å². The Kier molecular flexibility index (Phi) is 5.54. The first-order chi connectivity index (χ1) is 10.1. The smallest absolute Gasteiger partial charge is 0.212 e. The van der Waals surface area contributed by atoms with Crippen molar-refractivity contribution < 1.29 is 8.42 Å². The van der Waals surface area contributed by atoms with Gasteiger partial charge >= 0.3 is 0 Å². The minimum atomic E-state index is -3.34. The SMILES string of the molecule is Nc1ccccc1SCCS(=O)(=O)NCc1cccnn1. The van der Waals surface area contributed by atoms with Crippen LogP contribution in [0.5, 0.6) is 0 Å². The highest BCUT2D eigenvalue weighted by molar-refractivity contribution is 8.00. The van der Waals surface area contributed by atoms with Crippen LogP contribution in [-0.2, 0) is 16.6 Å². The van der Waals surface area contributed by atoms with E-state index in [9.17, 15) is 8.42 Å². The topological polar surface area (TPSA) is 98.0 Å². The quantitative estimate of drug-likeness (QED) is 0.588. The largest absolute Gasteiger partial charge is 0.398 e. The van der Waals surface area contributed by atoms with Gasteiger partial charge in [-0.2, -0.15) is 10.2 Å². The minimum Gasteiger partial charge on any atom is -0.398 e. The molecular formula is C13H16N4O2S2. The van der Waals surface area contributed by atoms with Gasteiger partial charge in [0, 0.05) is 22.5 Å². The van der Waals surface area contributed by atoms with E-state index in [1.54, 1.807) is 24.4 Å². The molecule has 3 N–H and O–H groups in total. The first kappa shape index (κ1) is 15.7. The normalized spacial score (nSPS) is 11.4. The summed E-state index contributed by atoms with van der Waals surface area (Å²) in [6.45, 7) is 0.147. The Morgan fingerprint density at radius 2 is 2.00 bits per heavy atom. The van der Waals surface area contributed by atoms with Crippen LogP contribution in [0.3, 0.4) is 0 Å². The Morgan fingerprint density at radius 1 is 1.19 bits per heavy atom. The molecule has 0 saturated carbocycles. The fraction of sp³-hybridized carbons (Fsp3) is 0.231. The molecule has 0 spiro atoms. The van der Waals surface area contributed by atoms with Gasteiger partial charge in [-0.1, -0.05) is 12.1 Å². The van der Waals surface area contributed by atoms with Crippen LogP contribution in [0.2, 0.25) is 0 Å². The third-order valence-corrected chi connectivity index (χ3v) is 5.30. The van der Waals surface area contributed by atoms with Crippen molar-refractivity contribution in [1.82, 2.24) is 14.9 Å². The van der Waals surface area contributed by atoms with Gasteiger partial charge in [-0.05, 0) is 24.3 Å². The Hall–Kier alpha value is -1.64. The molecule has 0 aliphatic carbocycles. The summed E-state index contributed by atoms with van der Waals surface area (Å²) >= 11 is 1.42. The number of para-hydroxylation sites is 1. The van der Waals surface area contributed by atoms with Crippen molar-refractivity contribution >= 4 is 27.5 Å². The lowest BCUT2D eigenvalue weighted by atomic mass is 10.3. The molecule has 0 saturated heterocycles. The van der Waals surface area contributed by atoms with Crippen LogP contribution in [0, 0.1) is 0 Å². The fourth-order valence-corrected chi connectivity index (χ4v) is 3.91. The van der Waals surface area contributed by atoms with Crippen LogP contribution >= 0.6 is 11.8 Å². The van der Waals surface area contributed by atoms with Crippen LogP contribution in [0.1, 0.15) is 5.69 Å². The Morgan fingerprint density at radius 3 is 2.71 bits per heavy atom. The highest BCUT2D eigenvalue weighted by atomic mass is 32.2. The number of hydrogen-bond acceptors (Lipinski definition) is 6. The van der Waals surface area contributed by atoms with E-state index in [0.29, 0.717) is 17.1 Å². The fourth-order valence-electron chi connectivity index (χ4n) is 1.56. The summed E-state index contributed by atoms with van der Waals surface area (Å²) in [5, 5.41) is 7.52. The number of nitrogens with one attached hydrogen (secondary N) is 1. The number of benzene rings is 1. The first-order valence-electron chi connectivity index (χ1n) is 6.28. The molecule has 2 aromatic rings. The van der Waals surface area contributed by atoms with Crippen LogP contribution < -0.4 is 10.5 Å². The summed E-state index contributed by atoms with van der Waals surface area (Å²) in [4.78, 5) is 0.890. The average molecular weight is 324 g/mol. The predicted octanol–water partition coefficient (Wildman–Crippen LogP) is 1.27. The van der Waals surface area contributed by atoms with Gasteiger partial charge in [0.2, 0.25) is 10.0 Å². The zero-order valence-electron chi connectivity index (χ0n) is 11.3. The number of rotatable bonds is 7.